The van der Waals surface area contributed by atoms with Gasteiger partial charge in [0.2, 0.25) is 11.9 Å². The minimum atomic E-state index is -4.47. The van der Waals surface area contributed by atoms with Gasteiger partial charge < -0.3 is 10.6 Å². The fraction of sp³-hybridized carbons (Fsp3) is 0.304. The van der Waals surface area contributed by atoms with E-state index in [9.17, 15) is 18.0 Å². The van der Waals surface area contributed by atoms with E-state index in [1.807, 2.05) is 0 Å². The lowest BCUT2D eigenvalue weighted by Gasteiger charge is -2.36. The summed E-state index contributed by atoms with van der Waals surface area (Å²) in [5.41, 5.74) is 7.18. The van der Waals surface area contributed by atoms with Crippen LogP contribution in [0.1, 0.15) is 42.1 Å². The van der Waals surface area contributed by atoms with Crippen molar-refractivity contribution in [2.75, 3.05) is 12.3 Å². The van der Waals surface area contributed by atoms with E-state index in [-0.39, 0.29) is 18.3 Å². The Labute approximate surface area is 183 Å². The van der Waals surface area contributed by atoms with Crippen LogP contribution in [0.3, 0.4) is 0 Å². The number of carbonyl (C=O) groups excluding carboxylic acids is 1. The molecule has 2 N–H and O–H groups in total. The maximum Gasteiger partial charge on any atom is 0.416 e. The number of halogens is 3. The molecule has 32 heavy (non-hydrogen) atoms. The summed E-state index contributed by atoms with van der Waals surface area (Å²) in [5.74, 6) is -0.0593. The zero-order valence-corrected chi connectivity index (χ0v) is 17.2. The smallest absolute Gasteiger partial charge is 0.368 e. The Morgan fingerprint density at radius 3 is 2.69 bits per heavy atom. The van der Waals surface area contributed by atoms with Crippen molar-refractivity contribution in [3.8, 4) is 11.1 Å². The lowest BCUT2D eigenvalue weighted by molar-refractivity contribution is -0.137. The average Bonchev–Trinajstić information content (AvgIpc) is 2.79. The summed E-state index contributed by atoms with van der Waals surface area (Å²) < 4.78 is 39.8. The molecule has 1 amide bonds. The molecule has 9 heteroatoms. The number of carbonyl (C=O) groups is 1. The summed E-state index contributed by atoms with van der Waals surface area (Å²) >= 11 is 0. The minimum Gasteiger partial charge on any atom is -0.368 e. The average molecular weight is 441 g/mol. The number of likely N-dealkylation sites (tertiary alicyclic amines) is 1. The van der Waals surface area contributed by atoms with E-state index < -0.39 is 17.8 Å². The monoisotopic (exact) mass is 441 g/mol. The summed E-state index contributed by atoms with van der Waals surface area (Å²) in [6.45, 7) is 0.542. The van der Waals surface area contributed by atoms with Crippen LogP contribution in [0.4, 0.5) is 19.1 Å². The second kappa shape index (κ2) is 8.94. The van der Waals surface area contributed by atoms with Crippen LogP contribution in [0.25, 0.3) is 11.1 Å². The third kappa shape index (κ3) is 4.71. The Balaban J connectivity index is 1.72. The summed E-state index contributed by atoms with van der Waals surface area (Å²) in [6, 6.07) is 8.20. The Bertz CT molecular complexity index is 1100. The van der Waals surface area contributed by atoms with Crippen LogP contribution in [-0.2, 0) is 17.4 Å². The number of rotatable bonds is 4. The molecule has 1 aliphatic rings. The van der Waals surface area contributed by atoms with Crippen LogP contribution in [-0.4, -0.2) is 32.3 Å². The molecule has 1 fully saturated rings. The first-order valence-electron chi connectivity index (χ1n) is 10.3. The summed E-state index contributed by atoms with van der Waals surface area (Å²) in [7, 11) is 0. The molecule has 1 aliphatic heterocycles. The van der Waals surface area contributed by atoms with Crippen molar-refractivity contribution in [1.29, 1.82) is 0 Å². The quantitative estimate of drug-likeness (QED) is 0.647. The van der Waals surface area contributed by atoms with Gasteiger partial charge in [0.05, 0.1) is 23.7 Å². The molecular formula is C23H22F3N5O. The second-order valence-electron chi connectivity index (χ2n) is 7.74. The molecular weight excluding hydrogens is 419 g/mol. The fourth-order valence-electron chi connectivity index (χ4n) is 4.04. The zero-order valence-electron chi connectivity index (χ0n) is 17.2. The predicted molar refractivity (Wildman–Crippen MR) is 113 cm³/mol. The zero-order chi connectivity index (χ0) is 22.7. The Morgan fingerprint density at radius 1 is 1.16 bits per heavy atom. The number of nitrogens with two attached hydrogens (primary N) is 1. The number of amides is 1. The highest BCUT2D eigenvalue weighted by Crippen LogP contribution is 2.38. The van der Waals surface area contributed by atoms with E-state index in [0.29, 0.717) is 29.8 Å². The van der Waals surface area contributed by atoms with E-state index in [2.05, 4.69) is 15.0 Å². The molecule has 3 heterocycles. The largest absolute Gasteiger partial charge is 0.416 e. The van der Waals surface area contributed by atoms with Gasteiger partial charge in [0, 0.05) is 30.7 Å². The van der Waals surface area contributed by atoms with Crippen molar-refractivity contribution >= 4 is 11.9 Å². The first-order valence-corrected chi connectivity index (χ1v) is 10.3. The summed E-state index contributed by atoms with van der Waals surface area (Å²) in [6.07, 6.45) is 2.80. The topological polar surface area (TPSA) is 85.0 Å². The number of pyridine rings is 1. The number of piperidine rings is 1. The van der Waals surface area contributed by atoms with Crippen molar-refractivity contribution in [3.63, 3.8) is 0 Å². The second-order valence-corrected chi connectivity index (χ2v) is 7.74. The number of benzene rings is 1. The molecule has 3 aromatic rings. The molecule has 0 saturated carbocycles. The molecule has 1 aromatic carbocycles. The molecule has 6 nitrogen and oxygen atoms in total. The Morgan fingerprint density at radius 2 is 1.94 bits per heavy atom. The number of hydrogen-bond acceptors (Lipinski definition) is 5. The van der Waals surface area contributed by atoms with Crippen molar-refractivity contribution < 1.29 is 18.0 Å². The van der Waals surface area contributed by atoms with Gasteiger partial charge in [0.15, 0.2) is 0 Å². The van der Waals surface area contributed by atoms with Crippen LogP contribution < -0.4 is 5.73 Å². The van der Waals surface area contributed by atoms with E-state index in [0.717, 1.165) is 30.5 Å². The van der Waals surface area contributed by atoms with Crippen LogP contribution in [0.5, 0.6) is 0 Å². The Kier molecular flexibility index (Phi) is 6.07. The first-order chi connectivity index (χ1) is 15.3. The highest BCUT2D eigenvalue weighted by molar-refractivity contribution is 5.80. The molecule has 4 rings (SSSR count). The molecule has 2 aromatic heterocycles. The van der Waals surface area contributed by atoms with Gasteiger partial charge in [-0.25, -0.2) is 9.97 Å². The standard InChI is InChI=1S/C23H22F3N5O/c24-23(25,26)17-5-3-4-16(13-17)18-14-29-22(27)30-21(18)19-6-1-2-11-31(19)20(32)12-15-7-9-28-10-8-15/h3-5,7-10,13-14,19H,1-2,6,11-12H2,(H2,27,29,30)/t19-/m1/s1. The number of anilines is 1. The van der Waals surface area contributed by atoms with Gasteiger partial charge in [-0.2, -0.15) is 13.2 Å². The maximum absolute atomic E-state index is 13.3. The fourth-order valence-corrected chi connectivity index (χ4v) is 4.04. The third-order valence-corrected chi connectivity index (χ3v) is 5.58. The normalized spacial score (nSPS) is 16.7. The van der Waals surface area contributed by atoms with Crippen molar-refractivity contribution in [1.82, 2.24) is 19.9 Å². The SMILES string of the molecule is Nc1ncc(-c2cccc(C(F)(F)F)c2)c([C@H]2CCCCN2C(=O)Cc2ccncc2)n1. The van der Waals surface area contributed by atoms with Gasteiger partial charge in [0.25, 0.3) is 0 Å². The maximum atomic E-state index is 13.3. The molecule has 166 valence electrons. The lowest BCUT2D eigenvalue weighted by atomic mass is 9.92. The third-order valence-electron chi connectivity index (χ3n) is 5.58. The number of nitrogens with zero attached hydrogens (tertiary/aromatic N) is 4. The molecule has 1 atom stereocenters. The predicted octanol–water partition coefficient (Wildman–Crippen LogP) is 4.44. The highest BCUT2D eigenvalue weighted by atomic mass is 19.4. The van der Waals surface area contributed by atoms with E-state index >= 15 is 0 Å². The van der Waals surface area contributed by atoms with Crippen molar-refractivity contribution in [2.45, 2.75) is 37.9 Å². The van der Waals surface area contributed by atoms with Crippen LogP contribution in [0.2, 0.25) is 0 Å². The van der Waals surface area contributed by atoms with Gasteiger partial charge in [-0.1, -0.05) is 12.1 Å². The van der Waals surface area contributed by atoms with Gasteiger partial charge >= 0.3 is 6.18 Å². The van der Waals surface area contributed by atoms with Crippen molar-refractivity contribution in [3.05, 3.63) is 71.8 Å². The van der Waals surface area contributed by atoms with E-state index in [1.54, 1.807) is 35.5 Å². The lowest BCUT2D eigenvalue weighted by Crippen LogP contribution is -2.40. The summed E-state index contributed by atoms with van der Waals surface area (Å²) in [5, 5.41) is 0. The Hall–Kier alpha value is -3.49. The van der Waals surface area contributed by atoms with E-state index in [4.69, 9.17) is 5.73 Å². The van der Waals surface area contributed by atoms with Crippen LogP contribution in [0.15, 0.2) is 55.0 Å². The van der Waals surface area contributed by atoms with Gasteiger partial charge in [-0.05, 0) is 54.7 Å². The first kappa shape index (κ1) is 21.7. The number of alkyl halides is 3. The van der Waals surface area contributed by atoms with Crippen LogP contribution >= 0.6 is 0 Å². The number of nitrogen functional groups attached to an aromatic ring is 1. The molecule has 1 saturated heterocycles. The van der Waals surface area contributed by atoms with Gasteiger partial charge in [-0.3, -0.25) is 9.78 Å². The van der Waals surface area contributed by atoms with Gasteiger partial charge in [0.1, 0.15) is 0 Å². The molecule has 0 bridgehead atoms. The summed E-state index contributed by atoms with van der Waals surface area (Å²) in [4.78, 5) is 27.3. The minimum absolute atomic E-state index is 0.0165. The number of hydrogen-bond donors (Lipinski definition) is 1. The van der Waals surface area contributed by atoms with Crippen molar-refractivity contribution in [2.24, 2.45) is 0 Å². The molecule has 0 radical (unpaired) electrons. The van der Waals surface area contributed by atoms with E-state index in [1.165, 1.54) is 12.3 Å². The molecule has 0 spiro atoms. The highest BCUT2D eigenvalue weighted by Gasteiger charge is 2.33. The number of aromatic nitrogens is 3. The van der Waals surface area contributed by atoms with Gasteiger partial charge in [-0.15, -0.1) is 0 Å². The van der Waals surface area contributed by atoms with Crippen LogP contribution in [0, 0.1) is 0 Å². The molecule has 0 aliphatic carbocycles. The molecule has 0 unspecified atom stereocenters.